The van der Waals surface area contributed by atoms with Gasteiger partial charge in [0.25, 0.3) is 0 Å². The van der Waals surface area contributed by atoms with Crippen molar-refractivity contribution in [1.29, 1.82) is 5.41 Å². The first-order valence-electron chi connectivity index (χ1n) is 6.03. The number of amidine groups is 1. The SMILES string of the molecule is Cc1ccnc(-n2ccc(C3CC3)n2)c1C(=N)N. The van der Waals surface area contributed by atoms with Crippen molar-refractivity contribution in [3.63, 3.8) is 0 Å². The van der Waals surface area contributed by atoms with Crippen molar-refractivity contribution in [2.24, 2.45) is 5.73 Å². The van der Waals surface area contributed by atoms with Crippen LogP contribution in [0.2, 0.25) is 0 Å². The van der Waals surface area contributed by atoms with Gasteiger partial charge in [0.2, 0.25) is 0 Å². The molecular weight excluding hydrogens is 226 g/mol. The lowest BCUT2D eigenvalue weighted by Crippen LogP contribution is -2.18. The monoisotopic (exact) mass is 241 g/mol. The first-order chi connectivity index (χ1) is 8.66. The molecule has 2 aromatic heterocycles. The summed E-state index contributed by atoms with van der Waals surface area (Å²) < 4.78 is 1.72. The molecule has 1 aliphatic rings. The summed E-state index contributed by atoms with van der Waals surface area (Å²) in [6.07, 6.45) is 6.05. The Morgan fingerprint density at radius 2 is 2.22 bits per heavy atom. The van der Waals surface area contributed by atoms with E-state index in [0.29, 0.717) is 17.3 Å². The maximum atomic E-state index is 7.67. The van der Waals surface area contributed by atoms with E-state index in [1.807, 2.05) is 25.3 Å². The average Bonchev–Trinajstić information content (AvgIpc) is 3.06. The molecule has 5 heteroatoms. The van der Waals surface area contributed by atoms with Crippen molar-refractivity contribution in [2.45, 2.75) is 25.7 Å². The molecule has 0 saturated heterocycles. The Hall–Kier alpha value is -2.17. The molecule has 1 aliphatic carbocycles. The second kappa shape index (κ2) is 3.94. The lowest BCUT2D eigenvalue weighted by Gasteiger charge is -2.09. The molecule has 0 amide bonds. The Kier molecular flexibility index (Phi) is 2.40. The third kappa shape index (κ3) is 1.77. The van der Waals surface area contributed by atoms with Gasteiger partial charge in [0.15, 0.2) is 5.82 Å². The largest absolute Gasteiger partial charge is 0.384 e. The molecule has 3 rings (SSSR count). The van der Waals surface area contributed by atoms with Crippen LogP contribution in [0.15, 0.2) is 24.5 Å². The van der Waals surface area contributed by atoms with Gasteiger partial charge in [-0.15, -0.1) is 0 Å². The van der Waals surface area contributed by atoms with Gasteiger partial charge >= 0.3 is 0 Å². The average molecular weight is 241 g/mol. The third-order valence-corrected chi connectivity index (χ3v) is 3.23. The molecule has 2 heterocycles. The first-order valence-corrected chi connectivity index (χ1v) is 6.03. The van der Waals surface area contributed by atoms with E-state index in [4.69, 9.17) is 11.1 Å². The molecule has 1 fully saturated rings. The van der Waals surface area contributed by atoms with Crippen LogP contribution in [0.5, 0.6) is 0 Å². The Morgan fingerprint density at radius 3 is 2.89 bits per heavy atom. The fraction of sp³-hybridized carbons (Fsp3) is 0.308. The van der Waals surface area contributed by atoms with E-state index in [1.165, 1.54) is 12.8 Å². The van der Waals surface area contributed by atoms with Gasteiger partial charge in [0.05, 0.1) is 11.3 Å². The van der Waals surface area contributed by atoms with E-state index in [9.17, 15) is 0 Å². The van der Waals surface area contributed by atoms with Gasteiger partial charge in [-0.1, -0.05) is 0 Å². The van der Waals surface area contributed by atoms with Crippen LogP contribution in [0.1, 0.15) is 35.6 Å². The highest BCUT2D eigenvalue weighted by atomic mass is 15.3. The van der Waals surface area contributed by atoms with Crippen molar-refractivity contribution in [3.05, 3.63) is 41.3 Å². The van der Waals surface area contributed by atoms with E-state index in [0.717, 1.165) is 11.3 Å². The van der Waals surface area contributed by atoms with Crippen LogP contribution in [0.25, 0.3) is 5.82 Å². The fourth-order valence-electron chi connectivity index (χ4n) is 2.10. The number of pyridine rings is 1. The molecule has 2 aromatic rings. The maximum absolute atomic E-state index is 7.67. The van der Waals surface area contributed by atoms with Gasteiger partial charge in [-0.25, -0.2) is 9.67 Å². The van der Waals surface area contributed by atoms with Crippen molar-refractivity contribution in [3.8, 4) is 5.82 Å². The number of nitrogens with zero attached hydrogens (tertiary/aromatic N) is 3. The first kappa shape index (κ1) is 11.0. The van der Waals surface area contributed by atoms with Crippen LogP contribution in [-0.2, 0) is 0 Å². The van der Waals surface area contributed by atoms with E-state index in [-0.39, 0.29) is 5.84 Å². The number of nitrogens with one attached hydrogen (secondary N) is 1. The molecule has 0 aromatic carbocycles. The van der Waals surface area contributed by atoms with Crippen LogP contribution in [-0.4, -0.2) is 20.6 Å². The molecule has 3 N–H and O–H groups in total. The Labute approximate surface area is 105 Å². The Morgan fingerprint density at radius 1 is 1.44 bits per heavy atom. The molecule has 0 unspecified atom stereocenters. The normalized spacial score (nSPS) is 14.7. The van der Waals surface area contributed by atoms with Crippen molar-refractivity contribution < 1.29 is 0 Å². The lowest BCUT2D eigenvalue weighted by molar-refractivity contribution is 0.809. The summed E-state index contributed by atoms with van der Waals surface area (Å²) in [4.78, 5) is 4.30. The minimum absolute atomic E-state index is 0.0269. The van der Waals surface area contributed by atoms with Gasteiger partial charge < -0.3 is 5.73 Å². The molecule has 5 nitrogen and oxygen atoms in total. The summed E-state index contributed by atoms with van der Waals surface area (Å²) in [7, 11) is 0. The number of hydrogen-bond donors (Lipinski definition) is 2. The van der Waals surface area contributed by atoms with Crippen LogP contribution in [0, 0.1) is 12.3 Å². The zero-order valence-electron chi connectivity index (χ0n) is 10.2. The summed E-state index contributed by atoms with van der Waals surface area (Å²) in [6.45, 7) is 1.92. The highest BCUT2D eigenvalue weighted by Gasteiger charge is 2.26. The van der Waals surface area contributed by atoms with Gasteiger partial charge in [-0.3, -0.25) is 5.41 Å². The molecule has 18 heavy (non-hydrogen) atoms. The molecule has 0 radical (unpaired) electrons. The standard InChI is InChI=1S/C13H15N5/c1-8-4-6-16-13(11(8)12(14)15)18-7-5-10(17-18)9-2-3-9/h4-7,9H,2-3H2,1H3,(H3,14,15). The molecule has 0 atom stereocenters. The van der Waals surface area contributed by atoms with Crippen molar-refractivity contribution >= 4 is 5.84 Å². The minimum Gasteiger partial charge on any atom is -0.384 e. The van der Waals surface area contributed by atoms with Gasteiger partial charge in [-0.2, -0.15) is 5.10 Å². The number of aromatic nitrogens is 3. The van der Waals surface area contributed by atoms with Crippen LogP contribution in [0.3, 0.4) is 0 Å². The Balaban J connectivity index is 2.09. The molecule has 92 valence electrons. The summed E-state index contributed by atoms with van der Waals surface area (Å²) in [5.41, 5.74) is 8.33. The van der Waals surface area contributed by atoms with Gasteiger partial charge in [-0.05, 0) is 37.5 Å². The number of hydrogen-bond acceptors (Lipinski definition) is 3. The van der Waals surface area contributed by atoms with Gasteiger partial charge in [0, 0.05) is 18.3 Å². The highest BCUT2D eigenvalue weighted by Crippen LogP contribution is 2.39. The molecule has 0 aliphatic heterocycles. The predicted octanol–water partition coefficient (Wildman–Crippen LogP) is 1.74. The lowest BCUT2D eigenvalue weighted by atomic mass is 10.1. The third-order valence-electron chi connectivity index (χ3n) is 3.23. The summed E-state index contributed by atoms with van der Waals surface area (Å²) >= 11 is 0. The highest BCUT2D eigenvalue weighted by molar-refractivity contribution is 5.99. The zero-order valence-corrected chi connectivity index (χ0v) is 10.2. The Bertz CT molecular complexity index is 610. The van der Waals surface area contributed by atoms with Crippen LogP contribution in [0.4, 0.5) is 0 Å². The second-order valence-corrected chi connectivity index (χ2v) is 4.70. The van der Waals surface area contributed by atoms with Crippen molar-refractivity contribution in [2.75, 3.05) is 0 Å². The van der Waals surface area contributed by atoms with E-state index < -0.39 is 0 Å². The van der Waals surface area contributed by atoms with E-state index in [2.05, 4.69) is 10.1 Å². The predicted molar refractivity (Wildman–Crippen MR) is 69.1 cm³/mol. The second-order valence-electron chi connectivity index (χ2n) is 4.70. The fourth-order valence-corrected chi connectivity index (χ4v) is 2.10. The molecule has 0 bridgehead atoms. The maximum Gasteiger partial charge on any atom is 0.164 e. The molecule has 0 spiro atoms. The number of rotatable bonds is 3. The van der Waals surface area contributed by atoms with Crippen LogP contribution >= 0.6 is 0 Å². The zero-order chi connectivity index (χ0) is 12.7. The quantitative estimate of drug-likeness (QED) is 0.634. The van der Waals surface area contributed by atoms with Crippen LogP contribution < -0.4 is 5.73 Å². The van der Waals surface area contributed by atoms with E-state index in [1.54, 1.807) is 10.9 Å². The van der Waals surface area contributed by atoms with Crippen molar-refractivity contribution in [1.82, 2.24) is 14.8 Å². The number of aryl methyl sites for hydroxylation is 1. The number of nitrogen functional groups attached to an aromatic ring is 1. The van der Waals surface area contributed by atoms with E-state index >= 15 is 0 Å². The van der Waals surface area contributed by atoms with Gasteiger partial charge in [0.1, 0.15) is 5.84 Å². The number of nitrogens with two attached hydrogens (primary N) is 1. The smallest absolute Gasteiger partial charge is 0.164 e. The topological polar surface area (TPSA) is 80.6 Å². The minimum atomic E-state index is 0.0269. The summed E-state index contributed by atoms with van der Waals surface area (Å²) in [5.74, 6) is 1.27. The summed E-state index contributed by atoms with van der Waals surface area (Å²) in [6, 6.07) is 3.87. The molecule has 1 saturated carbocycles. The molecular formula is C13H15N5. The summed E-state index contributed by atoms with van der Waals surface area (Å²) in [5, 5.41) is 12.2.